The lowest BCUT2D eigenvalue weighted by atomic mass is 9.65. The molecule has 1 saturated heterocycles. The van der Waals surface area contributed by atoms with Crippen LogP contribution in [0.2, 0.25) is 0 Å². The summed E-state index contributed by atoms with van der Waals surface area (Å²) < 4.78 is 6.36. The summed E-state index contributed by atoms with van der Waals surface area (Å²) >= 11 is 0. The second kappa shape index (κ2) is 8.16. The Morgan fingerprint density at radius 2 is 1.59 bits per heavy atom. The molecule has 34 heavy (non-hydrogen) atoms. The van der Waals surface area contributed by atoms with Crippen molar-refractivity contribution < 1.29 is 9.53 Å². The quantitative estimate of drug-likeness (QED) is 0.310. The van der Waals surface area contributed by atoms with E-state index in [-0.39, 0.29) is 17.4 Å². The first kappa shape index (κ1) is 21.2. The topological polar surface area (TPSA) is 29.5 Å². The lowest BCUT2D eigenvalue weighted by Crippen LogP contribution is -2.52. The molecule has 0 bridgehead atoms. The van der Waals surface area contributed by atoms with Crippen molar-refractivity contribution in [1.82, 2.24) is 0 Å². The maximum atomic E-state index is 13.0. The van der Waals surface area contributed by atoms with Gasteiger partial charge in [0.15, 0.2) is 0 Å². The first-order valence-corrected chi connectivity index (χ1v) is 12.5. The third-order valence-electron chi connectivity index (χ3n) is 8.07. The summed E-state index contributed by atoms with van der Waals surface area (Å²) in [5.74, 6) is -0.0625. The fourth-order valence-electron chi connectivity index (χ4n) is 6.79. The van der Waals surface area contributed by atoms with Crippen molar-refractivity contribution in [3.63, 3.8) is 0 Å². The van der Waals surface area contributed by atoms with E-state index in [0.29, 0.717) is 6.42 Å². The van der Waals surface area contributed by atoms with E-state index >= 15 is 0 Å². The zero-order valence-corrected chi connectivity index (χ0v) is 19.7. The number of hydrogen-bond donors (Lipinski definition) is 0. The number of ether oxygens (including phenoxy) is 1. The van der Waals surface area contributed by atoms with Gasteiger partial charge in [0.1, 0.15) is 5.60 Å². The SMILES string of the molecule is CCCC[C@]12C=C(Cc3ccccc3)[C@@H]3N(Cc4ccccc4)c4ccccc4[C@@]31CC(=O)O2. The molecule has 3 aromatic carbocycles. The summed E-state index contributed by atoms with van der Waals surface area (Å²) in [4.78, 5) is 15.6. The molecule has 0 amide bonds. The Balaban J connectivity index is 1.53. The highest BCUT2D eigenvalue weighted by molar-refractivity contribution is 5.84. The van der Waals surface area contributed by atoms with Gasteiger partial charge in [0.2, 0.25) is 0 Å². The predicted octanol–water partition coefficient (Wildman–Crippen LogP) is 6.37. The molecule has 3 nitrogen and oxygen atoms in total. The van der Waals surface area contributed by atoms with Crippen molar-refractivity contribution in [1.29, 1.82) is 0 Å². The molecule has 1 aliphatic carbocycles. The first-order valence-electron chi connectivity index (χ1n) is 12.5. The zero-order valence-electron chi connectivity index (χ0n) is 19.7. The van der Waals surface area contributed by atoms with Crippen LogP contribution in [-0.4, -0.2) is 17.6 Å². The molecule has 3 aromatic rings. The summed E-state index contributed by atoms with van der Waals surface area (Å²) in [7, 11) is 0. The van der Waals surface area contributed by atoms with Gasteiger partial charge in [-0.05, 0) is 53.7 Å². The van der Waals surface area contributed by atoms with Crippen LogP contribution in [0.25, 0.3) is 0 Å². The Bertz CT molecular complexity index is 1230. The number of nitrogens with zero attached hydrogens (tertiary/aromatic N) is 1. The van der Waals surface area contributed by atoms with Crippen LogP contribution >= 0.6 is 0 Å². The van der Waals surface area contributed by atoms with Crippen LogP contribution in [0.15, 0.2) is 96.6 Å². The summed E-state index contributed by atoms with van der Waals surface area (Å²) in [6, 6.07) is 30.2. The number of hydrogen-bond acceptors (Lipinski definition) is 3. The molecule has 1 spiro atoms. The molecule has 0 radical (unpaired) electrons. The van der Waals surface area contributed by atoms with E-state index in [9.17, 15) is 4.79 Å². The van der Waals surface area contributed by atoms with Crippen molar-refractivity contribution in [2.75, 3.05) is 4.90 Å². The van der Waals surface area contributed by atoms with Gasteiger partial charge in [0.25, 0.3) is 0 Å². The molecule has 6 rings (SSSR count). The highest BCUT2D eigenvalue weighted by atomic mass is 16.6. The molecule has 3 atom stereocenters. The van der Waals surface area contributed by atoms with Gasteiger partial charge in [-0.15, -0.1) is 0 Å². The van der Waals surface area contributed by atoms with E-state index in [0.717, 1.165) is 32.2 Å². The number of carbonyl (C=O) groups excluding carboxylic acids is 1. The summed E-state index contributed by atoms with van der Waals surface area (Å²) in [6.45, 7) is 3.03. The van der Waals surface area contributed by atoms with Gasteiger partial charge in [-0.1, -0.05) is 92.2 Å². The summed E-state index contributed by atoms with van der Waals surface area (Å²) in [5.41, 5.74) is 5.54. The smallest absolute Gasteiger partial charge is 0.307 e. The van der Waals surface area contributed by atoms with E-state index < -0.39 is 5.60 Å². The minimum atomic E-state index is -0.573. The van der Waals surface area contributed by atoms with Gasteiger partial charge < -0.3 is 9.64 Å². The summed E-state index contributed by atoms with van der Waals surface area (Å²) in [6.07, 6.45) is 6.67. The molecule has 0 N–H and O–H groups in total. The fraction of sp³-hybridized carbons (Fsp3) is 0.323. The maximum absolute atomic E-state index is 13.0. The van der Waals surface area contributed by atoms with Gasteiger partial charge in [0.05, 0.1) is 17.9 Å². The number of carbonyl (C=O) groups is 1. The highest BCUT2D eigenvalue weighted by Gasteiger charge is 2.71. The molecule has 172 valence electrons. The molecule has 2 aliphatic heterocycles. The Kier molecular flexibility index (Phi) is 5.09. The van der Waals surface area contributed by atoms with Gasteiger partial charge in [-0.2, -0.15) is 0 Å². The molecule has 0 saturated carbocycles. The van der Waals surface area contributed by atoms with E-state index in [1.807, 2.05) is 0 Å². The average molecular weight is 450 g/mol. The Morgan fingerprint density at radius 1 is 0.912 bits per heavy atom. The van der Waals surface area contributed by atoms with Crippen molar-refractivity contribution in [2.45, 2.75) is 62.6 Å². The number of anilines is 1. The number of benzene rings is 3. The number of unbranched alkanes of at least 4 members (excludes halogenated alkanes) is 1. The third-order valence-corrected chi connectivity index (χ3v) is 8.07. The van der Waals surface area contributed by atoms with E-state index in [4.69, 9.17) is 4.74 Å². The minimum Gasteiger partial charge on any atom is -0.454 e. The Hall–Kier alpha value is -3.33. The van der Waals surface area contributed by atoms with Crippen molar-refractivity contribution in [2.24, 2.45) is 0 Å². The first-order chi connectivity index (χ1) is 16.7. The van der Waals surface area contributed by atoms with Crippen LogP contribution in [0.3, 0.4) is 0 Å². The van der Waals surface area contributed by atoms with E-state index in [2.05, 4.69) is 103 Å². The Labute approximate surface area is 202 Å². The fourth-order valence-corrected chi connectivity index (χ4v) is 6.79. The molecule has 0 unspecified atom stereocenters. The van der Waals surface area contributed by atoms with E-state index in [1.165, 1.54) is 28.0 Å². The largest absolute Gasteiger partial charge is 0.454 e. The van der Waals surface area contributed by atoms with Crippen LogP contribution in [-0.2, 0) is 27.9 Å². The molecule has 3 aliphatic rings. The van der Waals surface area contributed by atoms with Gasteiger partial charge in [-0.25, -0.2) is 0 Å². The lowest BCUT2D eigenvalue weighted by molar-refractivity contribution is -0.146. The third kappa shape index (κ3) is 3.06. The molecule has 1 fully saturated rings. The number of para-hydroxylation sites is 1. The predicted molar refractivity (Wildman–Crippen MR) is 136 cm³/mol. The normalized spacial score (nSPS) is 26.6. The maximum Gasteiger partial charge on any atom is 0.307 e. The van der Waals surface area contributed by atoms with Gasteiger partial charge in [-0.3, -0.25) is 4.79 Å². The van der Waals surface area contributed by atoms with Crippen LogP contribution in [0, 0.1) is 0 Å². The molecule has 2 heterocycles. The number of rotatable bonds is 7. The monoisotopic (exact) mass is 449 g/mol. The van der Waals surface area contributed by atoms with Gasteiger partial charge >= 0.3 is 5.97 Å². The second-order valence-corrected chi connectivity index (χ2v) is 10.0. The van der Waals surface area contributed by atoms with E-state index in [1.54, 1.807) is 0 Å². The lowest BCUT2D eigenvalue weighted by Gasteiger charge is -2.40. The number of fused-ring (bicyclic) bond motifs is 1. The zero-order chi connectivity index (χ0) is 23.2. The van der Waals surface area contributed by atoms with Crippen LogP contribution in [0.1, 0.15) is 49.3 Å². The standard InChI is InChI=1S/C31H31NO2/c1-2-3-18-30-20-25(19-23-12-6-4-7-13-23)29-31(30,21-28(33)34-30)26-16-10-11-17-27(26)32(29)22-24-14-8-5-9-15-24/h4-17,20,29H,2-3,18-19,21-22H2,1H3/t29-,30-,31-/m0/s1. The van der Waals surface area contributed by atoms with Crippen LogP contribution < -0.4 is 4.90 Å². The van der Waals surface area contributed by atoms with Crippen LogP contribution in [0.5, 0.6) is 0 Å². The molecule has 0 aromatic heterocycles. The number of esters is 1. The average Bonchev–Trinajstić information content (AvgIpc) is 3.39. The van der Waals surface area contributed by atoms with Crippen LogP contribution in [0.4, 0.5) is 5.69 Å². The van der Waals surface area contributed by atoms with Crippen molar-refractivity contribution >= 4 is 11.7 Å². The van der Waals surface area contributed by atoms with Crippen molar-refractivity contribution in [3.05, 3.63) is 113 Å². The highest BCUT2D eigenvalue weighted by Crippen LogP contribution is 2.65. The molecular weight excluding hydrogens is 418 g/mol. The second-order valence-electron chi connectivity index (χ2n) is 10.0. The minimum absolute atomic E-state index is 0.0625. The van der Waals surface area contributed by atoms with Gasteiger partial charge in [0, 0.05) is 12.2 Å². The van der Waals surface area contributed by atoms with Crippen molar-refractivity contribution in [3.8, 4) is 0 Å². The molecule has 3 heteroatoms. The molecular formula is C31H31NO2. The Morgan fingerprint density at radius 3 is 2.32 bits per heavy atom. The summed E-state index contributed by atoms with van der Waals surface area (Å²) in [5, 5.41) is 0.